The number of hydrogen-bond donors (Lipinski definition) is 1. The molecule has 4 heteroatoms. The molecule has 0 radical (unpaired) electrons. The summed E-state index contributed by atoms with van der Waals surface area (Å²) in [5, 5.41) is 9.13. The predicted molar refractivity (Wildman–Crippen MR) is 59.2 cm³/mol. The zero-order valence-corrected chi connectivity index (χ0v) is 10.1. The monoisotopic (exact) mass is 225 g/mol. The van der Waals surface area contributed by atoms with Gasteiger partial charge in [0.05, 0.1) is 6.04 Å². The largest absolute Gasteiger partial charge is 0.465 e. The first-order valence-electron chi connectivity index (χ1n) is 5.84. The summed E-state index contributed by atoms with van der Waals surface area (Å²) in [7, 11) is 0. The van der Waals surface area contributed by atoms with Gasteiger partial charge in [-0.1, -0.05) is 20.8 Å². The van der Waals surface area contributed by atoms with Gasteiger partial charge in [0, 0.05) is 12.0 Å². The Morgan fingerprint density at radius 3 is 2.31 bits per heavy atom. The molecular weight excluding hydrogens is 206 g/mol. The Balaban J connectivity index is 2.16. The molecule has 0 spiro atoms. The lowest BCUT2D eigenvalue weighted by atomic mass is 9.83. The summed E-state index contributed by atoms with van der Waals surface area (Å²) >= 11 is 0. The normalized spacial score (nSPS) is 33.2. The highest BCUT2D eigenvalue weighted by molar-refractivity contribution is 5.91. The fraction of sp³-hybridized carbons (Fsp3) is 0.833. The molecule has 16 heavy (non-hydrogen) atoms. The van der Waals surface area contributed by atoms with Crippen LogP contribution in [0.15, 0.2) is 0 Å². The van der Waals surface area contributed by atoms with Crippen LogP contribution < -0.4 is 0 Å². The topological polar surface area (TPSA) is 57.6 Å². The van der Waals surface area contributed by atoms with E-state index in [0.29, 0.717) is 18.4 Å². The highest BCUT2D eigenvalue weighted by Crippen LogP contribution is 2.48. The molecule has 1 N–H and O–H groups in total. The van der Waals surface area contributed by atoms with Gasteiger partial charge in [-0.2, -0.15) is 0 Å². The first-order chi connectivity index (χ1) is 7.30. The van der Waals surface area contributed by atoms with E-state index in [-0.39, 0.29) is 5.78 Å². The quantitative estimate of drug-likeness (QED) is 0.742. The number of carbonyl (C=O) groups excluding carboxylic acids is 1. The molecule has 1 saturated carbocycles. The van der Waals surface area contributed by atoms with Crippen molar-refractivity contribution in [1.29, 1.82) is 0 Å². The number of piperidine rings is 1. The minimum atomic E-state index is -0.951. The van der Waals surface area contributed by atoms with E-state index in [9.17, 15) is 9.59 Å². The Kier molecular flexibility index (Phi) is 2.48. The van der Waals surface area contributed by atoms with Crippen molar-refractivity contribution in [3.8, 4) is 0 Å². The van der Waals surface area contributed by atoms with Crippen LogP contribution in [0.4, 0.5) is 4.79 Å². The van der Waals surface area contributed by atoms with E-state index < -0.39 is 17.6 Å². The van der Waals surface area contributed by atoms with Crippen molar-refractivity contribution in [3.05, 3.63) is 0 Å². The van der Waals surface area contributed by atoms with E-state index in [0.717, 1.165) is 12.8 Å². The number of carbonyl (C=O) groups is 2. The van der Waals surface area contributed by atoms with E-state index in [1.807, 2.05) is 20.8 Å². The second kappa shape index (κ2) is 3.47. The predicted octanol–water partition coefficient (Wildman–Crippen LogP) is 1.99. The Morgan fingerprint density at radius 2 is 1.81 bits per heavy atom. The maximum absolute atomic E-state index is 12.2. The number of fused-ring (bicyclic) bond motifs is 1. The third kappa shape index (κ3) is 1.93. The van der Waals surface area contributed by atoms with Gasteiger partial charge >= 0.3 is 6.09 Å². The Hall–Kier alpha value is -1.06. The molecule has 1 aliphatic carbocycles. The standard InChI is InChI=1S/C12H19NO3/c1-12(2,3)10(14)9-5-7-4-8(7)6-13(9)11(15)16/h7-9H,4-6H2,1-3H3,(H,15,16)/t7-,8+,9-/m0/s1. The Bertz CT molecular complexity index is 332. The van der Waals surface area contributed by atoms with Crippen LogP contribution in [-0.2, 0) is 4.79 Å². The average Bonchev–Trinajstić information content (AvgIpc) is 2.90. The molecule has 0 unspecified atom stereocenters. The highest BCUT2D eigenvalue weighted by Gasteiger charge is 2.50. The van der Waals surface area contributed by atoms with Gasteiger partial charge in [-0.25, -0.2) is 4.79 Å². The van der Waals surface area contributed by atoms with Gasteiger partial charge in [0.15, 0.2) is 5.78 Å². The molecular formula is C12H19NO3. The fourth-order valence-corrected chi connectivity index (χ4v) is 2.58. The summed E-state index contributed by atoms with van der Waals surface area (Å²) < 4.78 is 0. The number of ketones is 1. The molecule has 1 heterocycles. The van der Waals surface area contributed by atoms with E-state index >= 15 is 0 Å². The molecule has 0 aromatic rings. The lowest BCUT2D eigenvalue weighted by Crippen LogP contribution is -2.51. The number of rotatable bonds is 1. The smallest absolute Gasteiger partial charge is 0.407 e. The number of Topliss-reactive ketones (excluding diaryl/α,β-unsaturated/α-hetero) is 1. The molecule has 4 nitrogen and oxygen atoms in total. The van der Waals surface area contributed by atoms with Crippen molar-refractivity contribution in [1.82, 2.24) is 4.90 Å². The summed E-state index contributed by atoms with van der Waals surface area (Å²) in [6, 6.07) is -0.416. The zero-order valence-electron chi connectivity index (χ0n) is 10.1. The van der Waals surface area contributed by atoms with E-state index in [2.05, 4.69) is 0 Å². The van der Waals surface area contributed by atoms with Crippen LogP contribution in [0.2, 0.25) is 0 Å². The molecule has 1 aliphatic heterocycles. The highest BCUT2D eigenvalue weighted by atomic mass is 16.4. The summed E-state index contributed by atoms with van der Waals surface area (Å²) in [6.07, 6.45) is 0.873. The SMILES string of the molecule is CC(C)(C)C(=O)[C@@H]1C[C@@H]2C[C@@H]2CN1C(=O)O. The molecule has 0 bridgehead atoms. The van der Waals surface area contributed by atoms with Crippen molar-refractivity contribution in [2.75, 3.05) is 6.54 Å². The van der Waals surface area contributed by atoms with E-state index in [1.54, 1.807) is 0 Å². The molecule has 90 valence electrons. The number of likely N-dealkylation sites (tertiary alicyclic amines) is 1. The van der Waals surface area contributed by atoms with Crippen LogP contribution in [-0.4, -0.2) is 34.5 Å². The third-order valence-corrected chi connectivity index (χ3v) is 3.69. The summed E-state index contributed by atoms with van der Waals surface area (Å²) in [6.45, 7) is 6.11. The molecule has 2 rings (SSSR count). The van der Waals surface area contributed by atoms with E-state index in [1.165, 1.54) is 4.90 Å². The molecule has 1 saturated heterocycles. The van der Waals surface area contributed by atoms with Crippen molar-refractivity contribution in [2.24, 2.45) is 17.3 Å². The van der Waals surface area contributed by atoms with Crippen LogP contribution in [0.1, 0.15) is 33.6 Å². The minimum Gasteiger partial charge on any atom is -0.465 e. The Labute approximate surface area is 95.6 Å². The lowest BCUT2D eigenvalue weighted by molar-refractivity contribution is -0.132. The molecule has 0 aromatic carbocycles. The van der Waals surface area contributed by atoms with Gasteiger partial charge in [-0.3, -0.25) is 9.69 Å². The summed E-state index contributed by atoms with van der Waals surface area (Å²) in [4.78, 5) is 24.7. The van der Waals surface area contributed by atoms with Gasteiger partial charge in [0.2, 0.25) is 0 Å². The van der Waals surface area contributed by atoms with Crippen LogP contribution >= 0.6 is 0 Å². The third-order valence-electron chi connectivity index (χ3n) is 3.69. The number of amides is 1. The van der Waals surface area contributed by atoms with Gasteiger partial charge in [0.25, 0.3) is 0 Å². The van der Waals surface area contributed by atoms with Crippen molar-refractivity contribution >= 4 is 11.9 Å². The molecule has 1 amide bonds. The van der Waals surface area contributed by atoms with Crippen LogP contribution in [0.25, 0.3) is 0 Å². The van der Waals surface area contributed by atoms with Crippen molar-refractivity contribution in [2.45, 2.75) is 39.7 Å². The van der Waals surface area contributed by atoms with Crippen molar-refractivity contribution < 1.29 is 14.7 Å². The van der Waals surface area contributed by atoms with Gasteiger partial charge in [-0.15, -0.1) is 0 Å². The number of nitrogens with zero attached hydrogens (tertiary/aromatic N) is 1. The first-order valence-corrected chi connectivity index (χ1v) is 5.84. The van der Waals surface area contributed by atoms with Gasteiger partial charge in [0.1, 0.15) is 0 Å². The van der Waals surface area contributed by atoms with Crippen LogP contribution in [0.3, 0.4) is 0 Å². The maximum Gasteiger partial charge on any atom is 0.407 e. The zero-order chi connectivity index (χ0) is 12.1. The molecule has 2 aliphatic rings. The molecule has 3 atom stereocenters. The van der Waals surface area contributed by atoms with E-state index in [4.69, 9.17) is 5.11 Å². The van der Waals surface area contributed by atoms with Crippen LogP contribution in [0, 0.1) is 17.3 Å². The van der Waals surface area contributed by atoms with Gasteiger partial charge in [-0.05, 0) is 24.7 Å². The van der Waals surface area contributed by atoms with Crippen LogP contribution in [0.5, 0.6) is 0 Å². The molecule has 2 fully saturated rings. The second-order valence-electron chi connectivity index (χ2n) is 6.06. The van der Waals surface area contributed by atoms with Gasteiger partial charge < -0.3 is 5.11 Å². The number of hydrogen-bond acceptors (Lipinski definition) is 2. The average molecular weight is 225 g/mol. The summed E-state index contributed by atoms with van der Waals surface area (Å²) in [5.41, 5.74) is -0.458. The molecule has 0 aromatic heterocycles. The lowest BCUT2D eigenvalue weighted by Gasteiger charge is -2.35. The van der Waals surface area contributed by atoms with Crippen molar-refractivity contribution in [3.63, 3.8) is 0 Å². The number of carboxylic acid groups (broad SMARTS) is 1. The second-order valence-corrected chi connectivity index (χ2v) is 6.06. The maximum atomic E-state index is 12.2. The summed E-state index contributed by atoms with van der Waals surface area (Å²) in [5.74, 6) is 1.16. The Morgan fingerprint density at radius 1 is 1.19 bits per heavy atom. The first kappa shape index (κ1) is 11.4. The fourth-order valence-electron chi connectivity index (χ4n) is 2.58. The minimum absolute atomic E-state index is 0.0558.